The summed E-state index contributed by atoms with van der Waals surface area (Å²) in [6.45, 7) is 3.68. The van der Waals surface area contributed by atoms with Gasteiger partial charge in [-0.3, -0.25) is 14.9 Å². The molecule has 1 amide bonds. The number of hydrogen-bond donors (Lipinski definition) is 1. The minimum absolute atomic E-state index is 0.106. The minimum atomic E-state index is -0.496. The Labute approximate surface area is 135 Å². The smallest absolute Gasteiger partial charge is 0.293 e. The van der Waals surface area contributed by atoms with Gasteiger partial charge in [0.05, 0.1) is 10.5 Å². The van der Waals surface area contributed by atoms with Crippen LogP contribution in [0.2, 0.25) is 0 Å². The second-order valence-corrected chi connectivity index (χ2v) is 5.75. The molecule has 0 spiro atoms. The number of carbonyl (C=O) groups is 1. The first kappa shape index (κ1) is 15.4. The van der Waals surface area contributed by atoms with Crippen LogP contribution in [0.25, 0.3) is 0 Å². The van der Waals surface area contributed by atoms with Crippen molar-refractivity contribution in [3.8, 4) is 0 Å². The minimum Gasteiger partial charge on any atom is -0.316 e. The van der Waals surface area contributed by atoms with Crippen molar-refractivity contribution < 1.29 is 9.72 Å². The van der Waals surface area contributed by atoms with Gasteiger partial charge in [0.15, 0.2) is 0 Å². The Kier molecular flexibility index (Phi) is 4.56. The molecule has 1 N–H and O–H groups in total. The number of rotatable bonds is 3. The quantitative estimate of drug-likeness (QED) is 0.483. The van der Waals surface area contributed by atoms with E-state index in [0.717, 1.165) is 14.7 Å². The SMILES string of the molecule is Cc1ccc(NC(=O)c2cccc(C)c2I)c([N+](=O)[O-])c1. The maximum atomic E-state index is 12.3. The van der Waals surface area contributed by atoms with Crippen LogP contribution in [0.15, 0.2) is 36.4 Å². The first-order valence-corrected chi connectivity index (χ1v) is 7.29. The molecule has 108 valence electrons. The molecule has 0 aromatic heterocycles. The van der Waals surface area contributed by atoms with Crippen molar-refractivity contribution in [3.63, 3.8) is 0 Å². The van der Waals surface area contributed by atoms with Crippen LogP contribution in [-0.2, 0) is 0 Å². The van der Waals surface area contributed by atoms with Gasteiger partial charge in [-0.25, -0.2) is 0 Å². The Morgan fingerprint density at radius 2 is 1.95 bits per heavy atom. The fourth-order valence-corrected chi connectivity index (χ4v) is 2.52. The summed E-state index contributed by atoms with van der Waals surface area (Å²) in [5.41, 5.74) is 2.36. The van der Waals surface area contributed by atoms with Crippen LogP contribution in [-0.4, -0.2) is 10.8 Å². The van der Waals surface area contributed by atoms with Gasteiger partial charge in [-0.2, -0.15) is 0 Å². The fourth-order valence-electron chi connectivity index (χ4n) is 1.91. The molecule has 0 heterocycles. The lowest BCUT2D eigenvalue weighted by molar-refractivity contribution is -0.384. The lowest BCUT2D eigenvalue weighted by atomic mass is 10.1. The molecule has 21 heavy (non-hydrogen) atoms. The summed E-state index contributed by atoms with van der Waals surface area (Å²) in [6, 6.07) is 10.1. The second kappa shape index (κ2) is 6.21. The van der Waals surface area contributed by atoms with Gasteiger partial charge in [0.1, 0.15) is 5.69 Å². The number of hydrogen-bond acceptors (Lipinski definition) is 3. The van der Waals surface area contributed by atoms with Crippen molar-refractivity contribution in [2.75, 3.05) is 5.32 Å². The van der Waals surface area contributed by atoms with Gasteiger partial charge in [-0.05, 0) is 59.7 Å². The van der Waals surface area contributed by atoms with Crippen molar-refractivity contribution in [2.24, 2.45) is 0 Å². The molecule has 0 saturated carbocycles. The highest BCUT2D eigenvalue weighted by molar-refractivity contribution is 14.1. The van der Waals surface area contributed by atoms with Gasteiger partial charge in [0, 0.05) is 9.64 Å². The summed E-state index contributed by atoms with van der Waals surface area (Å²) in [7, 11) is 0. The summed E-state index contributed by atoms with van der Waals surface area (Å²) < 4.78 is 0.836. The summed E-state index contributed by atoms with van der Waals surface area (Å²) >= 11 is 2.10. The highest BCUT2D eigenvalue weighted by Crippen LogP contribution is 2.26. The average molecular weight is 396 g/mol. The summed E-state index contributed by atoms with van der Waals surface area (Å²) in [5, 5.41) is 13.7. The Morgan fingerprint density at radius 3 is 2.62 bits per heavy atom. The van der Waals surface area contributed by atoms with Crippen LogP contribution >= 0.6 is 22.6 Å². The number of nitrogens with one attached hydrogen (secondary N) is 1. The zero-order valence-electron chi connectivity index (χ0n) is 11.5. The highest BCUT2D eigenvalue weighted by atomic mass is 127. The zero-order chi connectivity index (χ0) is 15.6. The van der Waals surface area contributed by atoms with E-state index in [2.05, 4.69) is 27.9 Å². The van der Waals surface area contributed by atoms with E-state index >= 15 is 0 Å². The predicted molar refractivity (Wildman–Crippen MR) is 89.7 cm³/mol. The van der Waals surface area contributed by atoms with Crippen LogP contribution in [0.1, 0.15) is 21.5 Å². The molecular formula is C15H13IN2O3. The second-order valence-electron chi connectivity index (χ2n) is 4.67. The number of aryl methyl sites for hydroxylation is 2. The highest BCUT2D eigenvalue weighted by Gasteiger charge is 2.18. The number of benzene rings is 2. The van der Waals surface area contributed by atoms with Crippen molar-refractivity contribution in [3.05, 3.63) is 66.8 Å². The third-order valence-electron chi connectivity index (χ3n) is 3.03. The maximum Gasteiger partial charge on any atom is 0.293 e. The lowest BCUT2D eigenvalue weighted by Gasteiger charge is -2.09. The summed E-state index contributed by atoms with van der Waals surface area (Å²) in [4.78, 5) is 22.9. The lowest BCUT2D eigenvalue weighted by Crippen LogP contribution is -2.15. The molecule has 2 aromatic rings. The van der Waals surface area contributed by atoms with E-state index in [-0.39, 0.29) is 17.3 Å². The molecular weight excluding hydrogens is 383 g/mol. The number of amides is 1. The Hall–Kier alpha value is -1.96. The van der Waals surface area contributed by atoms with E-state index in [1.807, 2.05) is 13.0 Å². The topological polar surface area (TPSA) is 72.2 Å². The zero-order valence-corrected chi connectivity index (χ0v) is 13.7. The van der Waals surface area contributed by atoms with Crippen molar-refractivity contribution in [2.45, 2.75) is 13.8 Å². The fraction of sp³-hybridized carbons (Fsp3) is 0.133. The number of nitro groups is 1. The van der Waals surface area contributed by atoms with Gasteiger partial charge in [0.25, 0.3) is 11.6 Å². The van der Waals surface area contributed by atoms with E-state index in [0.29, 0.717) is 5.56 Å². The Bertz CT molecular complexity index is 729. The van der Waals surface area contributed by atoms with Gasteiger partial charge < -0.3 is 5.32 Å². The van der Waals surface area contributed by atoms with Crippen molar-refractivity contribution >= 4 is 39.9 Å². The van der Waals surface area contributed by atoms with Gasteiger partial charge in [-0.15, -0.1) is 0 Å². The van der Waals surface area contributed by atoms with E-state index in [1.54, 1.807) is 31.2 Å². The average Bonchev–Trinajstić information content (AvgIpc) is 2.43. The molecule has 0 bridgehead atoms. The molecule has 0 aliphatic carbocycles. The molecule has 0 unspecified atom stereocenters. The van der Waals surface area contributed by atoms with Crippen molar-refractivity contribution in [1.29, 1.82) is 0 Å². The normalized spacial score (nSPS) is 10.2. The molecule has 6 heteroatoms. The van der Waals surface area contributed by atoms with Crippen LogP contribution in [0.4, 0.5) is 11.4 Å². The molecule has 2 rings (SSSR count). The third-order valence-corrected chi connectivity index (χ3v) is 4.47. The van der Waals surface area contributed by atoms with E-state index in [9.17, 15) is 14.9 Å². The number of nitro benzene ring substituents is 1. The van der Waals surface area contributed by atoms with E-state index < -0.39 is 4.92 Å². The molecule has 2 aromatic carbocycles. The predicted octanol–water partition coefficient (Wildman–Crippen LogP) is 4.07. The molecule has 0 radical (unpaired) electrons. The standard InChI is InChI=1S/C15H13IN2O3/c1-9-6-7-12(13(8-9)18(20)21)17-15(19)11-5-3-4-10(2)14(11)16/h3-8H,1-2H3,(H,17,19). The van der Waals surface area contributed by atoms with Gasteiger partial charge >= 0.3 is 0 Å². The first-order valence-electron chi connectivity index (χ1n) is 6.21. The van der Waals surface area contributed by atoms with Crippen LogP contribution in [0.3, 0.4) is 0 Å². The molecule has 5 nitrogen and oxygen atoms in total. The molecule has 0 aliphatic heterocycles. The number of halogens is 1. The summed E-state index contributed by atoms with van der Waals surface area (Å²) in [6.07, 6.45) is 0. The third kappa shape index (κ3) is 3.38. The molecule has 0 fully saturated rings. The summed E-state index contributed by atoms with van der Waals surface area (Å²) in [5.74, 6) is -0.352. The maximum absolute atomic E-state index is 12.3. The first-order chi connectivity index (χ1) is 9.90. The Morgan fingerprint density at radius 1 is 1.24 bits per heavy atom. The van der Waals surface area contributed by atoms with Gasteiger partial charge in [-0.1, -0.05) is 18.2 Å². The van der Waals surface area contributed by atoms with E-state index in [1.165, 1.54) is 6.07 Å². The van der Waals surface area contributed by atoms with Crippen LogP contribution < -0.4 is 5.32 Å². The van der Waals surface area contributed by atoms with E-state index in [4.69, 9.17) is 0 Å². The van der Waals surface area contributed by atoms with Crippen molar-refractivity contribution in [1.82, 2.24) is 0 Å². The number of nitrogens with zero attached hydrogens (tertiary/aromatic N) is 1. The van der Waals surface area contributed by atoms with Gasteiger partial charge in [0.2, 0.25) is 0 Å². The largest absolute Gasteiger partial charge is 0.316 e. The number of carbonyl (C=O) groups excluding carboxylic acids is 1. The molecule has 0 saturated heterocycles. The van der Waals surface area contributed by atoms with Crippen LogP contribution in [0, 0.1) is 27.5 Å². The molecule has 0 atom stereocenters. The number of anilines is 1. The monoisotopic (exact) mass is 396 g/mol. The molecule has 0 aliphatic rings. The van der Waals surface area contributed by atoms with Crippen LogP contribution in [0.5, 0.6) is 0 Å². The Balaban J connectivity index is 2.36.